The first-order valence-corrected chi connectivity index (χ1v) is 6.59. The van der Waals surface area contributed by atoms with Crippen molar-refractivity contribution in [3.05, 3.63) is 46.5 Å². The van der Waals surface area contributed by atoms with Gasteiger partial charge in [0.2, 0.25) is 0 Å². The van der Waals surface area contributed by atoms with Crippen LogP contribution in [0.3, 0.4) is 0 Å². The Morgan fingerprint density at radius 1 is 1.11 bits per heavy atom. The van der Waals surface area contributed by atoms with Crippen molar-refractivity contribution in [1.29, 1.82) is 0 Å². The number of Topliss-reactive ketones (excluding diaryl/α,β-unsaturated/α-hetero) is 1. The van der Waals surface area contributed by atoms with Crippen molar-refractivity contribution in [2.45, 2.75) is 32.6 Å². The van der Waals surface area contributed by atoms with Gasteiger partial charge in [0.05, 0.1) is 0 Å². The van der Waals surface area contributed by atoms with E-state index in [2.05, 4.69) is 0 Å². The molecule has 2 unspecified atom stereocenters. The number of fused-ring (bicyclic) bond motifs is 2. The van der Waals surface area contributed by atoms with Crippen LogP contribution < -0.4 is 0 Å². The van der Waals surface area contributed by atoms with Crippen molar-refractivity contribution >= 4 is 5.78 Å². The Hall–Kier alpha value is -1.51. The number of rotatable bonds is 0. The maximum Gasteiger partial charge on any atom is 0.277 e. The zero-order chi connectivity index (χ0) is 13.8. The van der Waals surface area contributed by atoms with Crippen molar-refractivity contribution in [1.82, 2.24) is 0 Å². The zero-order valence-corrected chi connectivity index (χ0v) is 11.0. The number of ketones is 1. The van der Waals surface area contributed by atoms with E-state index in [9.17, 15) is 13.6 Å². The molecule has 1 nitrogen and oxygen atoms in total. The highest BCUT2D eigenvalue weighted by molar-refractivity contribution is 6.01. The molecule has 1 aromatic rings. The van der Waals surface area contributed by atoms with Crippen LogP contribution in [0.2, 0.25) is 0 Å². The fourth-order valence-electron chi connectivity index (χ4n) is 3.34. The van der Waals surface area contributed by atoms with E-state index in [1.807, 2.05) is 13.8 Å². The number of alkyl halides is 2. The zero-order valence-electron chi connectivity index (χ0n) is 11.0. The quantitative estimate of drug-likeness (QED) is 0.636. The predicted molar refractivity (Wildman–Crippen MR) is 69.3 cm³/mol. The van der Waals surface area contributed by atoms with Crippen LogP contribution >= 0.6 is 0 Å². The molecule has 3 rings (SSSR count). The van der Waals surface area contributed by atoms with Crippen molar-refractivity contribution < 1.29 is 13.6 Å². The summed E-state index contributed by atoms with van der Waals surface area (Å²) in [4.78, 5) is 12.4. The number of carbonyl (C=O) groups is 1. The molecule has 0 heterocycles. The molecule has 3 heteroatoms. The SMILES string of the molecule is CC1=C(C)CC2C(C1)C(=O)c1ccccc1C2(F)F. The summed E-state index contributed by atoms with van der Waals surface area (Å²) >= 11 is 0. The summed E-state index contributed by atoms with van der Waals surface area (Å²) in [6.07, 6.45) is 0.794. The molecular weight excluding hydrogens is 246 g/mol. The molecule has 0 fully saturated rings. The normalized spacial score (nSPS) is 28.9. The maximum absolute atomic E-state index is 14.6. The molecule has 2 aliphatic rings. The number of benzene rings is 1. The van der Waals surface area contributed by atoms with Crippen molar-refractivity contribution in [2.24, 2.45) is 11.8 Å². The Morgan fingerprint density at radius 3 is 2.47 bits per heavy atom. The van der Waals surface area contributed by atoms with Gasteiger partial charge in [0.15, 0.2) is 5.78 Å². The summed E-state index contributed by atoms with van der Waals surface area (Å²) in [5, 5.41) is 0. The lowest BCUT2D eigenvalue weighted by atomic mass is 9.65. The molecule has 0 spiro atoms. The number of allylic oxidation sites excluding steroid dienone is 2. The second-order valence-corrected chi connectivity index (χ2v) is 5.71. The van der Waals surface area contributed by atoms with Crippen LogP contribution in [-0.4, -0.2) is 5.78 Å². The van der Waals surface area contributed by atoms with E-state index in [-0.39, 0.29) is 16.9 Å². The minimum Gasteiger partial charge on any atom is -0.294 e. The largest absolute Gasteiger partial charge is 0.294 e. The summed E-state index contributed by atoms with van der Waals surface area (Å²) < 4.78 is 29.3. The van der Waals surface area contributed by atoms with Crippen LogP contribution in [0.1, 0.15) is 42.6 Å². The molecule has 0 N–H and O–H groups in total. The summed E-state index contributed by atoms with van der Waals surface area (Å²) in [5.41, 5.74) is 2.22. The Balaban J connectivity index is 2.16. The molecule has 2 aliphatic carbocycles. The molecule has 2 atom stereocenters. The van der Waals surface area contributed by atoms with E-state index in [0.29, 0.717) is 12.8 Å². The molecule has 0 saturated carbocycles. The van der Waals surface area contributed by atoms with Crippen LogP contribution in [0.4, 0.5) is 8.78 Å². The Kier molecular flexibility index (Phi) is 2.63. The standard InChI is InChI=1S/C16H16F2O/c1-9-7-12-14(8-10(9)2)16(17,18)13-6-4-3-5-11(13)15(12)19/h3-6,12,14H,7-8H2,1-2H3. The van der Waals surface area contributed by atoms with Crippen LogP contribution in [0, 0.1) is 11.8 Å². The monoisotopic (exact) mass is 262 g/mol. The van der Waals surface area contributed by atoms with E-state index < -0.39 is 17.8 Å². The molecular formula is C16H16F2O. The van der Waals surface area contributed by atoms with Gasteiger partial charge in [-0.25, -0.2) is 8.78 Å². The van der Waals surface area contributed by atoms with E-state index in [0.717, 1.165) is 11.1 Å². The highest BCUT2D eigenvalue weighted by Gasteiger charge is 2.54. The van der Waals surface area contributed by atoms with Crippen LogP contribution in [0.15, 0.2) is 35.4 Å². The molecule has 1 aromatic carbocycles. The van der Waals surface area contributed by atoms with Gasteiger partial charge in [0.1, 0.15) is 0 Å². The first-order chi connectivity index (χ1) is 8.93. The van der Waals surface area contributed by atoms with Crippen molar-refractivity contribution in [2.75, 3.05) is 0 Å². The van der Waals surface area contributed by atoms with Gasteiger partial charge in [-0.2, -0.15) is 0 Å². The third-order valence-electron chi connectivity index (χ3n) is 4.62. The van der Waals surface area contributed by atoms with E-state index in [4.69, 9.17) is 0 Å². The Bertz CT molecular complexity index is 586. The Morgan fingerprint density at radius 2 is 1.74 bits per heavy atom. The lowest BCUT2D eigenvalue weighted by Gasteiger charge is -2.41. The number of halogens is 2. The first-order valence-electron chi connectivity index (χ1n) is 6.59. The third kappa shape index (κ3) is 1.67. The number of carbonyl (C=O) groups excluding carboxylic acids is 1. The van der Waals surface area contributed by atoms with Gasteiger partial charge in [-0.15, -0.1) is 0 Å². The van der Waals surface area contributed by atoms with Gasteiger partial charge in [-0.1, -0.05) is 35.4 Å². The van der Waals surface area contributed by atoms with Crippen molar-refractivity contribution in [3.63, 3.8) is 0 Å². The molecule has 0 aromatic heterocycles. The highest BCUT2D eigenvalue weighted by Crippen LogP contribution is 2.53. The first kappa shape index (κ1) is 12.5. The summed E-state index contributed by atoms with van der Waals surface area (Å²) in [5.74, 6) is -4.46. The summed E-state index contributed by atoms with van der Waals surface area (Å²) in [6.45, 7) is 3.84. The predicted octanol–water partition coefficient (Wildman–Crippen LogP) is 4.34. The second kappa shape index (κ2) is 3.99. The summed E-state index contributed by atoms with van der Waals surface area (Å²) in [6, 6.07) is 6.16. The fraction of sp³-hybridized carbons (Fsp3) is 0.438. The molecule has 0 radical (unpaired) electrons. The van der Waals surface area contributed by atoms with Gasteiger partial charge in [0.25, 0.3) is 5.92 Å². The van der Waals surface area contributed by atoms with Gasteiger partial charge in [-0.3, -0.25) is 4.79 Å². The smallest absolute Gasteiger partial charge is 0.277 e. The number of hydrogen-bond donors (Lipinski definition) is 0. The molecule has 19 heavy (non-hydrogen) atoms. The topological polar surface area (TPSA) is 17.1 Å². The van der Waals surface area contributed by atoms with Gasteiger partial charge >= 0.3 is 0 Å². The third-order valence-corrected chi connectivity index (χ3v) is 4.62. The van der Waals surface area contributed by atoms with E-state index in [1.165, 1.54) is 12.1 Å². The van der Waals surface area contributed by atoms with Gasteiger partial charge in [-0.05, 0) is 26.7 Å². The minimum absolute atomic E-state index is 0.0893. The van der Waals surface area contributed by atoms with Crippen molar-refractivity contribution in [3.8, 4) is 0 Å². The fourth-order valence-corrected chi connectivity index (χ4v) is 3.34. The van der Waals surface area contributed by atoms with Crippen LogP contribution in [0.25, 0.3) is 0 Å². The molecule has 0 saturated heterocycles. The summed E-state index contributed by atoms with van der Waals surface area (Å²) in [7, 11) is 0. The lowest BCUT2D eigenvalue weighted by molar-refractivity contribution is -0.0899. The maximum atomic E-state index is 14.6. The van der Waals surface area contributed by atoms with Gasteiger partial charge in [0, 0.05) is 23.0 Å². The minimum atomic E-state index is -2.91. The van der Waals surface area contributed by atoms with Gasteiger partial charge < -0.3 is 0 Å². The molecule has 0 bridgehead atoms. The second-order valence-electron chi connectivity index (χ2n) is 5.71. The number of hydrogen-bond acceptors (Lipinski definition) is 1. The molecule has 100 valence electrons. The Labute approximate surface area is 111 Å². The molecule has 0 amide bonds. The highest BCUT2D eigenvalue weighted by atomic mass is 19.3. The average molecular weight is 262 g/mol. The average Bonchev–Trinajstić information content (AvgIpc) is 2.39. The van der Waals surface area contributed by atoms with Crippen LogP contribution in [0.5, 0.6) is 0 Å². The van der Waals surface area contributed by atoms with Crippen LogP contribution in [-0.2, 0) is 5.92 Å². The molecule has 0 aliphatic heterocycles. The van der Waals surface area contributed by atoms with E-state index in [1.54, 1.807) is 12.1 Å². The lowest BCUT2D eigenvalue weighted by Crippen LogP contribution is -2.44. The van der Waals surface area contributed by atoms with E-state index >= 15 is 0 Å².